The van der Waals surface area contributed by atoms with E-state index in [2.05, 4.69) is 25.7 Å². The third-order valence-corrected chi connectivity index (χ3v) is 5.08. The quantitative estimate of drug-likeness (QED) is 0.474. The van der Waals surface area contributed by atoms with Crippen LogP contribution in [0, 0.1) is 0 Å². The van der Waals surface area contributed by atoms with Gasteiger partial charge >= 0.3 is 12.4 Å². The number of hydrogen-bond donors (Lipinski definition) is 3. The van der Waals surface area contributed by atoms with Gasteiger partial charge in [0.15, 0.2) is 5.82 Å². The fourth-order valence-corrected chi connectivity index (χ4v) is 3.33. The number of alkyl halides is 3. The van der Waals surface area contributed by atoms with E-state index in [0.717, 1.165) is 25.0 Å². The molecule has 1 saturated heterocycles. The van der Waals surface area contributed by atoms with Crippen molar-refractivity contribution in [1.29, 1.82) is 0 Å². The van der Waals surface area contributed by atoms with Gasteiger partial charge in [0.25, 0.3) is 5.91 Å². The first-order valence-corrected chi connectivity index (χ1v) is 11.3. The lowest BCUT2D eigenvalue weighted by Gasteiger charge is -2.26. The highest BCUT2D eigenvalue weighted by Gasteiger charge is 2.31. The summed E-state index contributed by atoms with van der Waals surface area (Å²) in [4.78, 5) is 43.2. The minimum Gasteiger partial charge on any atom is -0.406 e. The molecule has 4 amide bonds. The number of imidazole rings is 1. The number of unbranched alkanes of at least 4 members (excludes halogenated alkanes) is 1. The lowest BCUT2D eigenvalue weighted by molar-refractivity contribution is -0.274. The zero-order valence-corrected chi connectivity index (χ0v) is 19.6. The van der Waals surface area contributed by atoms with Gasteiger partial charge in [0, 0.05) is 31.5 Å². The molecule has 1 aromatic carbocycles. The number of halogens is 3. The number of amides is 4. The molecular weight excluding hydrogens is 485 g/mol. The topological polar surface area (TPSA) is 127 Å². The van der Waals surface area contributed by atoms with Crippen LogP contribution in [0.2, 0.25) is 0 Å². The molecule has 0 atom stereocenters. The molecule has 1 fully saturated rings. The zero-order chi connectivity index (χ0) is 26.1. The summed E-state index contributed by atoms with van der Waals surface area (Å²) in [5.41, 5.74) is 0.215. The van der Waals surface area contributed by atoms with Crippen molar-refractivity contribution in [2.24, 2.45) is 0 Å². The summed E-state index contributed by atoms with van der Waals surface area (Å²) in [5, 5.41) is 7.52. The number of nitrogens with zero attached hydrogens (tertiary/aromatic N) is 3. The molecular formula is C22H27F3N6O5. The number of aromatic nitrogens is 2. The Labute approximate surface area is 204 Å². The molecule has 1 aromatic heterocycles. The molecule has 0 spiro atoms. The Balaban J connectivity index is 1.60. The van der Waals surface area contributed by atoms with E-state index in [1.54, 1.807) is 9.47 Å². The van der Waals surface area contributed by atoms with Crippen LogP contribution in [0.1, 0.15) is 30.4 Å². The molecule has 0 bridgehead atoms. The van der Waals surface area contributed by atoms with Crippen molar-refractivity contribution in [3.8, 4) is 5.75 Å². The number of nitrogens with one attached hydrogen (secondary N) is 3. The summed E-state index contributed by atoms with van der Waals surface area (Å²) in [6.45, 7) is 4.06. The van der Waals surface area contributed by atoms with Gasteiger partial charge in [-0.25, -0.2) is 9.78 Å². The standard InChI is InChI=1S/C22H27F3N6O5/c1-2-3-8-31-14-17(28-19(31)20(33)26-13-18(32)30-9-11-35-12-10-30)29-21(34)27-15-4-6-16(7-5-15)36-22(23,24)25/h4-7,14H,2-3,8-13H2,1H3,(H,26,33)(H2,27,29,34). The molecule has 1 aliphatic heterocycles. The fourth-order valence-electron chi connectivity index (χ4n) is 3.33. The van der Waals surface area contributed by atoms with Crippen molar-refractivity contribution in [3.05, 3.63) is 36.3 Å². The van der Waals surface area contributed by atoms with Crippen LogP contribution >= 0.6 is 0 Å². The smallest absolute Gasteiger partial charge is 0.406 e. The lowest BCUT2D eigenvalue weighted by Crippen LogP contribution is -2.45. The number of urea groups is 1. The van der Waals surface area contributed by atoms with E-state index in [0.29, 0.717) is 32.8 Å². The average Bonchev–Trinajstić information content (AvgIpc) is 3.24. The van der Waals surface area contributed by atoms with Crippen molar-refractivity contribution in [2.45, 2.75) is 32.7 Å². The molecule has 3 rings (SSSR count). The van der Waals surface area contributed by atoms with Gasteiger partial charge in [0.05, 0.1) is 19.8 Å². The second-order valence-corrected chi connectivity index (χ2v) is 7.82. The largest absolute Gasteiger partial charge is 0.573 e. The van der Waals surface area contributed by atoms with Crippen molar-refractivity contribution >= 4 is 29.4 Å². The van der Waals surface area contributed by atoms with Crippen LogP contribution < -0.4 is 20.7 Å². The third-order valence-electron chi connectivity index (χ3n) is 5.08. The van der Waals surface area contributed by atoms with Gasteiger partial charge in [0.1, 0.15) is 5.75 Å². The van der Waals surface area contributed by atoms with E-state index in [-0.39, 0.29) is 29.8 Å². The van der Waals surface area contributed by atoms with Crippen molar-refractivity contribution in [1.82, 2.24) is 19.8 Å². The lowest BCUT2D eigenvalue weighted by atomic mass is 10.3. The highest BCUT2D eigenvalue weighted by Crippen LogP contribution is 2.24. The van der Waals surface area contributed by atoms with E-state index < -0.39 is 24.1 Å². The van der Waals surface area contributed by atoms with Crippen LogP contribution in [-0.4, -0.2) is 71.5 Å². The molecule has 0 unspecified atom stereocenters. The van der Waals surface area contributed by atoms with Gasteiger partial charge in [0.2, 0.25) is 11.7 Å². The minimum atomic E-state index is -4.82. The summed E-state index contributed by atoms with van der Waals surface area (Å²) < 4.78 is 47.4. The number of benzene rings is 1. The monoisotopic (exact) mass is 512 g/mol. The summed E-state index contributed by atoms with van der Waals surface area (Å²) in [5.74, 6) is -1.11. The van der Waals surface area contributed by atoms with Gasteiger partial charge in [-0.15, -0.1) is 13.2 Å². The maximum atomic E-state index is 12.7. The Bertz CT molecular complexity index is 1050. The number of morpholine rings is 1. The van der Waals surface area contributed by atoms with E-state index in [9.17, 15) is 27.6 Å². The second kappa shape index (κ2) is 12.2. The van der Waals surface area contributed by atoms with Crippen LogP contribution in [-0.2, 0) is 16.1 Å². The fraction of sp³-hybridized carbons (Fsp3) is 0.455. The number of rotatable bonds is 9. The molecule has 0 aliphatic carbocycles. The number of carbonyl (C=O) groups is 3. The van der Waals surface area contributed by atoms with Gasteiger partial charge in [-0.3, -0.25) is 14.9 Å². The summed E-state index contributed by atoms with van der Waals surface area (Å²) in [6, 6.07) is 3.89. The number of aryl methyl sites for hydroxylation is 1. The molecule has 36 heavy (non-hydrogen) atoms. The zero-order valence-electron chi connectivity index (χ0n) is 19.6. The Morgan fingerprint density at radius 1 is 1.11 bits per heavy atom. The number of hydrogen-bond acceptors (Lipinski definition) is 6. The van der Waals surface area contributed by atoms with E-state index in [1.807, 2.05) is 6.92 Å². The van der Waals surface area contributed by atoms with Crippen LogP contribution in [0.5, 0.6) is 5.75 Å². The van der Waals surface area contributed by atoms with E-state index in [4.69, 9.17) is 4.74 Å². The highest BCUT2D eigenvalue weighted by molar-refractivity contribution is 6.00. The Morgan fingerprint density at radius 2 is 1.81 bits per heavy atom. The molecule has 3 N–H and O–H groups in total. The normalized spacial score (nSPS) is 13.7. The van der Waals surface area contributed by atoms with Crippen molar-refractivity contribution in [3.63, 3.8) is 0 Å². The van der Waals surface area contributed by atoms with Crippen LogP contribution in [0.25, 0.3) is 0 Å². The summed E-state index contributed by atoms with van der Waals surface area (Å²) in [7, 11) is 0. The first-order chi connectivity index (χ1) is 17.1. The molecule has 196 valence electrons. The molecule has 1 aliphatic rings. The van der Waals surface area contributed by atoms with Gasteiger partial charge in [-0.05, 0) is 30.7 Å². The molecule has 0 radical (unpaired) electrons. The average molecular weight is 512 g/mol. The summed E-state index contributed by atoms with van der Waals surface area (Å²) in [6.07, 6.45) is -1.72. The van der Waals surface area contributed by atoms with E-state index >= 15 is 0 Å². The first-order valence-electron chi connectivity index (χ1n) is 11.3. The molecule has 14 heteroatoms. The first kappa shape index (κ1) is 26.8. The second-order valence-electron chi connectivity index (χ2n) is 7.82. The Kier molecular flexibility index (Phi) is 9.11. The number of anilines is 2. The van der Waals surface area contributed by atoms with Crippen LogP contribution in [0.3, 0.4) is 0 Å². The van der Waals surface area contributed by atoms with Gasteiger partial charge < -0.3 is 29.6 Å². The molecule has 2 heterocycles. The van der Waals surface area contributed by atoms with Crippen molar-refractivity contribution in [2.75, 3.05) is 43.5 Å². The summed E-state index contributed by atoms with van der Waals surface area (Å²) >= 11 is 0. The van der Waals surface area contributed by atoms with Gasteiger partial charge in [-0.1, -0.05) is 13.3 Å². The maximum absolute atomic E-state index is 12.7. The highest BCUT2D eigenvalue weighted by atomic mass is 19.4. The predicted molar refractivity (Wildman–Crippen MR) is 123 cm³/mol. The predicted octanol–water partition coefficient (Wildman–Crippen LogP) is 2.81. The van der Waals surface area contributed by atoms with Crippen LogP contribution in [0.15, 0.2) is 30.5 Å². The number of ether oxygens (including phenoxy) is 2. The number of carbonyl (C=O) groups excluding carboxylic acids is 3. The molecule has 2 aromatic rings. The third kappa shape index (κ3) is 8.15. The SMILES string of the molecule is CCCCn1cc(NC(=O)Nc2ccc(OC(F)(F)F)cc2)nc1C(=O)NCC(=O)N1CCOCC1. The maximum Gasteiger partial charge on any atom is 0.573 e. The molecule has 0 saturated carbocycles. The van der Waals surface area contributed by atoms with Gasteiger partial charge in [-0.2, -0.15) is 0 Å². The van der Waals surface area contributed by atoms with E-state index in [1.165, 1.54) is 18.3 Å². The van der Waals surface area contributed by atoms with Crippen molar-refractivity contribution < 1.29 is 37.0 Å². The minimum absolute atomic E-state index is 0.0298. The molecule has 11 nitrogen and oxygen atoms in total. The van der Waals surface area contributed by atoms with Crippen LogP contribution in [0.4, 0.5) is 29.5 Å². The Hall–Kier alpha value is -3.81. The Morgan fingerprint density at radius 3 is 2.44 bits per heavy atom.